The second-order valence-electron chi connectivity index (χ2n) is 5.49. The Morgan fingerprint density at radius 1 is 1.17 bits per heavy atom. The zero-order chi connectivity index (χ0) is 17.5. The van der Waals surface area contributed by atoms with Gasteiger partial charge in [0.25, 0.3) is 5.91 Å². The molecule has 24 heavy (non-hydrogen) atoms. The molecule has 1 atom stereocenters. The highest BCUT2D eigenvalue weighted by atomic mass is 35.5. The number of nitrogens with one attached hydrogen (secondary N) is 1. The van der Waals surface area contributed by atoms with Gasteiger partial charge in [0.05, 0.1) is 5.92 Å². The Morgan fingerprint density at radius 2 is 1.88 bits per heavy atom. The number of benzene rings is 2. The fourth-order valence-corrected chi connectivity index (χ4v) is 2.55. The lowest BCUT2D eigenvalue weighted by atomic mass is 9.97. The van der Waals surface area contributed by atoms with Crippen LogP contribution in [0.3, 0.4) is 0 Å². The largest absolute Gasteiger partial charge is 0.455 e. The Morgan fingerprint density at radius 3 is 2.54 bits per heavy atom. The van der Waals surface area contributed by atoms with Crippen molar-refractivity contribution in [2.45, 2.75) is 26.2 Å². The van der Waals surface area contributed by atoms with Gasteiger partial charge in [-0.1, -0.05) is 54.9 Å². The summed E-state index contributed by atoms with van der Waals surface area (Å²) < 4.78 is 5.17. The van der Waals surface area contributed by atoms with Gasteiger partial charge in [0.1, 0.15) is 0 Å². The molecule has 0 saturated carbocycles. The van der Waals surface area contributed by atoms with Gasteiger partial charge < -0.3 is 10.1 Å². The number of esters is 1. The Kier molecular flexibility index (Phi) is 6.38. The first kappa shape index (κ1) is 18.0. The van der Waals surface area contributed by atoms with E-state index in [1.54, 1.807) is 12.1 Å². The molecule has 0 saturated heterocycles. The van der Waals surface area contributed by atoms with Crippen LogP contribution in [0.5, 0.6) is 0 Å². The average molecular weight is 346 g/mol. The molecule has 2 aromatic carbocycles. The maximum Gasteiger partial charge on any atom is 0.313 e. The molecule has 0 aliphatic carbocycles. The summed E-state index contributed by atoms with van der Waals surface area (Å²) in [5.74, 6) is -1.16. The molecule has 0 heterocycles. The first-order valence-corrected chi connectivity index (χ1v) is 8.16. The molecular formula is C19H20ClNO3. The fourth-order valence-electron chi connectivity index (χ4n) is 2.38. The molecule has 5 heteroatoms. The molecule has 0 aliphatic rings. The Hall–Kier alpha value is -2.33. The van der Waals surface area contributed by atoms with E-state index in [2.05, 4.69) is 5.32 Å². The van der Waals surface area contributed by atoms with E-state index in [0.29, 0.717) is 17.1 Å². The molecule has 4 nitrogen and oxygen atoms in total. The lowest BCUT2D eigenvalue weighted by Gasteiger charge is -2.15. The molecule has 0 radical (unpaired) electrons. The van der Waals surface area contributed by atoms with Gasteiger partial charge in [-0.3, -0.25) is 9.59 Å². The molecule has 1 N–H and O–H groups in total. The van der Waals surface area contributed by atoms with E-state index < -0.39 is 11.9 Å². The minimum absolute atomic E-state index is 0.325. The summed E-state index contributed by atoms with van der Waals surface area (Å²) in [4.78, 5) is 24.2. The van der Waals surface area contributed by atoms with Crippen LogP contribution in [0, 0.1) is 6.92 Å². The van der Waals surface area contributed by atoms with Crippen molar-refractivity contribution in [3.05, 3.63) is 64.7 Å². The van der Waals surface area contributed by atoms with Crippen molar-refractivity contribution in [1.29, 1.82) is 0 Å². The van der Waals surface area contributed by atoms with E-state index in [1.807, 2.05) is 50.2 Å². The monoisotopic (exact) mass is 345 g/mol. The predicted molar refractivity (Wildman–Crippen MR) is 95.3 cm³/mol. The minimum atomic E-state index is -0.401. The number of hydrogen-bond acceptors (Lipinski definition) is 3. The fraction of sp³-hybridized carbons (Fsp3) is 0.263. The smallest absolute Gasteiger partial charge is 0.313 e. The van der Waals surface area contributed by atoms with Crippen LogP contribution >= 0.6 is 11.6 Å². The highest BCUT2D eigenvalue weighted by molar-refractivity contribution is 6.31. The molecule has 0 spiro atoms. The third-order valence-electron chi connectivity index (χ3n) is 3.71. The molecular weight excluding hydrogens is 326 g/mol. The summed E-state index contributed by atoms with van der Waals surface area (Å²) in [5.41, 5.74) is 2.38. The van der Waals surface area contributed by atoms with E-state index in [-0.39, 0.29) is 12.5 Å². The van der Waals surface area contributed by atoms with Crippen LogP contribution in [0.1, 0.15) is 30.4 Å². The summed E-state index contributed by atoms with van der Waals surface area (Å²) in [6.45, 7) is 3.45. The van der Waals surface area contributed by atoms with Crippen LogP contribution in [0.15, 0.2) is 48.5 Å². The molecule has 0 aliphatic heterocycles. The number of aryl methyl sites for hydroxylation is 1. The molecule has 0 fully saturated rings. The van der Waals surface area contributed by atoms with Crippen molar-refractivity contribution in [3.63, 3.8) is 0 Å². The number of amides is 1. The zero-order valence-electron chi connectivity index (χ0n) is 13.7. The molecule has 0 aromatic heterocycles. The van der Waals surface area contributed by atoms with E-state index in [9.17, 15) is 9.59 Å². The Labute approximate surface area is 146 Å². The van der Waals surface area contributed by atoms with Gasteiger partial charge in [0.2, 0.25) is 0 Å². The van der Waals surface area contributed by atoms with E-state index in [4.69, 9.17) is 16.3 Å². The minimum Gasteiger partial charge on any atom is -0.455 e. The number of carbonyl (C=O) groups is 2. The molecule has 1 amide bonds. The van der Waals surface area contributed by atoms with Gasteiger partial charge in [-0.15, -0.1) is 0 Å². The van der Waals surface area contributed by atoms with E-state index >= 15 is 0 Å². The third kappa shape index (κ3) is 4.83. The average Bonchev–Trinajstić information content (AvgIpc) is 2.58. The third-order valence-corrected chi connectivity index (χ3v) is 3.95. The molecule has 0 bridgehead atoms. The van der Waals surface area contributed by atoms with Crippen molar-refractivity contribution < 1.29 is 14.3 Å². The molecule has 2 aromatic rings. The Bertz CT molecular complexity index is 716. The first-order valence-electron chi connectivity index (χ1n) is 7.79. The van der Waals surface area contributed by atoms with Crippen LogP contribution in [-0.4, -0.2) is 18.5 Å². The second kappa shape index (κ2) is 8.50. The number of hydrogen-bond donors (Lipinski definition) is 1. The van der Waals surface area contributed by atoms with Gasteiger partial charge in [-0.2, -0.15) is 0 Å². The maximum atomic E-state index is 12.2. The van der Waals surface area contributed by atoms with Gasteiger partial charge in [0, 0.05) is 10.7 Å². The predicted octanol–water partition coefficient (Wildman–Crippen LogP) is 4.32. The second-order valence-corrected chi connectivity index (χ2v) is 5.92. The van der Waals surface area contributed by atoms with Gasteiger partial charge in [-0.05, 0) is 36.6 Å². The van der Waals surface area contributed by atoms with Crippen molar-refractivity contribution in [1.82, 2.24) is 0 Å². The number of anilines is 1. The van der Waals surface area contributed by atoms with Crippen LogP contribution in [0.2, 0.25) is 5.02 Å². The van der Waals surface area contributed by atoms with E-state index in [0.717, 1.165) is 11.1 Å². The number of rotatable bonds is 6. The summed E-state index contributed by atoms with van der Waals surface area (Å²) >= 11 is 5.92. The quantitative estimate of drug-likeness (QED) is 0.793. The van der Waals surface area contributed by atoms with Crippen LogP contribution in [0.25, 0.3) is 0 Å². The number of ether oxygens (including phenoxy) is 1. The highest BCUT2D eigenvalue weighted by Gasteiger charge is 2.21. The summed E-state index contributed by atoms with van der Waals surface area (Å²) in [7, 11) is 0. The Balaban J connectivity index is 1.93. The molecule has 126 valence electrons. The maximum absolute atomic E-state index is 12.2. The standard InChI is InChI=1S/C19H20ClNO3/c1-3-16(14-7-5-4-6-8-14)19(23)24-12-18(22)21-17-11-15(20)10-9-13(17)2/h4-11,16H,3,12H2,1-2H3,(H,21,22)/t16-/m1/s1. The topological polar surface area (TPSA) is 55.4 Å². The van der Waals surface area contributed by atoms with Gasteiger partial charge in [-0.25, -0.2) is 0 Å². The summed E-state index contributed by atoms with van der Waals surface area (Å²) in [6, 6.07) is 14.6. The van der Waals surface area contributed by atoms with Crippen LogP contribution in [-0.2, 0) is 14.3 Å². The number of carbonyl (C=O) groups excluding carboxylic acids is 2. The summed E-state index contributed by atoms with van der Waals surface area (Å²) in [6.07, 6.45) is 0.609. The van der Waals surface area contributed by atoms with Crippen LogP contribution in [0.4, 0.5) is 5.69 Å². The van der Waals surface area contributed by atoms with Crippen LogP contribution < -0.4 is 5.32 Å². The molecule has 2 rings (SSSR count). The van der Waals surface area contributed by atoms with E-state index in [1.165, 1.54) is 0 Å². The number of halogens is 1. The van der Waals surface area contributed by atoms with Gasteiger partial charge in [0.15, 0.2) is 6.61 Å². The normalized spacial score (nSPS) is 11.6. The lowest BCUT2D eigenvalue weighted by molar-refractivity contribution is -0.149. The lowest BCUT2D eigenvalue weighted by Crippen LogP contribution is -2.24. The highest BCUT2D eigenvalue weighted by Crippen LogP contribution is 2.22. The van der Waals surface area contributed by atoms with Crippen molar-refractivity contribution >= 4 is 29.2 Å². The summed E-state index contributed by atoms with van der Waals surface area (Å²) in [5, 5.41) is 3.23. The van der Waals surface area contributed by atoms with Gasteiger partial charge >= 0.3 is 5.97 Å². The first-order chi connectivity index (χ1) is 11.5. The molecule has 0 unspecified atom stereocenters. The van der Waals surface area contributed by atoms with Crippen molar-refractivity contribution in [2.24, 2.45) is 0 Å². The zero-order valence-corrected chi connectivity index (χ0v) is 14.5. The van der Waals surface area contributed by atoms with Crippen molar-refractivity contribution in [2.75, 3.05) is 11.9 Å². The SMILES string of the molecule is CC[C@@H](C(=O)OCC(=O)Nc1cc(Cl)ccc1C)c1ccccc1. The van der Waals surface area contributed by atoms with Crippen molar-refractivity contribution in [3.8, 4) is 0 Å².